The zero-order valence-corrected chi connectivity index (χ0v) is 19.8. The van der Waals surface area contributed by atoms with E-state index < -0.39 is 22.5 Å². The van der Waals surface area contributed by atoms with Gasteiger partial charge in [0.25, 0.3) is 0 Å². The summed E-state index contributed by atoms with van der Waals surface area (Å²) in [6.07, 6.45) is -0.201. The summed E-state index contributed by atoms with van der Waals surface area (Å²) in [7, 11) is -1.04. The standard InChI is InChI=1S/C25H28F3NO4S/c1-34(31)15-11-23(30)29-12-8-17-2-5-21(16-22(17)24(29)18-9-13-32-14-10-18)33-20-6-3-19(4-7-20)25(26,27)28/h2-7,16,18,24H,8-15H2,1H3. The van der Waals surface area contributed by atoms with Gasteiger partial charge in [0, 0.05) is 49.0 Å². The fourth-order valence-corrected chi connectivity index (χ4v) is 5.19. The molecule has 5 nitrogen and oxygen atoms in total. The Labute approximate surface area is 199 Å². The molecule has 2 aliphatic heterocycles. The molecule has 2 unspecified atom stereocenters. The van der Waals surface area contributed by atoms with Gasteiger partial charge in [-0.15, -0.1) is 0 Å². The topological polar surface area (TPSA) is 55.8 Å². The van der Waals surface area contributed by atoms with E-state index in [2.05, 4.69) is 0 Å². The van der Waals surface area contributed by atoms with Gasteiger partial charge in [0.1, 0.15) is 11.5 Å². The normalized spacial score (nSPS) is 20.0. The lowest BCUT2D eigenvalue weighted by Crippen LogP contribution is -2.44. The Bertz CT molecular complexity index is 1040. The first-order valence-corrected chi connectivity index (χ1v) is 13.1. The van der Waals surface area contributed by atoms with E-state index in [0.717, 1.165) is 36.1 Å². The summed E-state index contributed by atoms with van der Waals surface area (Å²) >= 11 is 0. The summed E-state index contributed by atoms with van der Waals surface area (Å²) in [6, 6.07) is 10.2. The van der Waals surface area contributed by atoms with Crippen LogP contribution in [0.15, 0.2) is 42.5 Å². The SMILES string of the molecule is CS(=O)CCC(=O)N1CCc2ccc(Oc3ccc(C(F)(F)F)cc3)cc2C1C1CCOCC1. The Morgan fingerprint density at radius 3 is 2.44 bits per heavy atom. The molecular formula is C25H28F3NO4S. The molecule has 0 radical (unpaired) electrons. The lowest BCUT2D eigenvalue weighted by atomic mass is 9.80. The molecule has 2 aromatic rings. The molecule has 2 aliphatic rings. The van der Waals surface area contributed by atoms with Gasteiger partial charge in [0.05, 0.1) is 11.6 Å². The van der Waals surface area contributed by atoms with Crippen molar-refractivity contribution in [3.05, 3.63) is 59.2 Å². The van der Waals surface area contributed by atoms with Gasteiger partial charge in [0.2, 0.25) is 5.91 Å². The monoisotopic (exact) mass is 495 g/mol. The van der Waals surface area contributed by atoms with Crippen LogP contribution in [0.3, 0.4) is 0 Å². The number of nitrogens with zero attached hydrogens (tertiary/aromatic N) is 1. The highest BCUT2D eigenvalue weighted by Crippen LogP contribution is 2.42. The molecule has 4 rings (SSSR count). The van der Waals surface area contributed by atoms with E-state index in [4.69, 9.17) is 9.47 Å². The zero-order chi connectivity index (χ0) is 24.3. The Hall–Kier alpha value is -2.39. The van der Waals surface area contributed by atoms with Gasteiger partial charge in [-0.2, -0.15) is 13.2 Å². The van der Waals surface area contributed by atoms with Crippen LogP contribution in [-0.4, -0.2) is 46.8 Å². The van der Waals surface area contributed by atoms with E-state index in [1.165, 1.54) is 12.1 Å². The van der Waals surface area contributed by atoms with Crippen LogP contribution in [0.1, 0.15) is 42.0 Å². The van der Waals surface area contributed by atoms with Gasteiger partial charge >= 0.3 is 6.18 Å². The molecule has 0 spiro atoms. The molecule has 9 heteroatoms. The lowest BCUT2D eigenvalue weighted by molar-refractivity contribution is -0.137. The van der Waals surface area contributed by atoms with Crippen LogP contribution in [0.25, 0.3) is 0 Å². The minimum atomic E-state index is -4.40. The second-order valence-electron chi connectivity index (χ2n) is 8.74. The number of rotatable bonds is 6. The average molecular weight is 496 g/mol. The Kier molecular flexibility index (Phi) is 7.62. The molecule has 1 fully saturated rings. The molecular weight excluding hydrogens is 467 g/mol. The molecule has 1 saturated heterocycles. The van der Waals surface area contributed by atoms with E-state index in [9.17, 15) is 22.2 Å². The van der Waals surface area contributed by atoms with Crippen molar-refractivity contribution in [2.75, 3.05) is 31.8 Å². The van der Waals surface area contributed by atoms with Gasteiger partial charge in [-0.05, 0) is 72.7 Å². The van der Waals surface area contributed by atoms with Crippen molar-refractivity contribution in [1.29, 1.82) is 0 Å². The highest BCUT2D eigenvalue weighted by Gasteiger charge is 2.37. The van der Waals surface area contributed by atoms with Crippen LogP contribution in [0.2, 0.25) is 0 Å². The predicted molar refractivity (Wildman–Crippen MR) is 123 cm³/mol. The third-order valence-electron chi connectivity index (χ3n) is 6.45. The number of halogens is 3. The second-order valence-corrected chi connectivity index (χ2v) is 10.3. The van der Waals surface area contributed by atoms with Crippen molar-refractivity contribution in [1.82, 2.24) is 4.90 Å². The third kappa shape index (κ3) is 5.81. The van der Waals surface area contributed by atoms with Gasteiger partial charge in [-0.1, -0.05) is 6.07 Å². The van der Waals surface area contributed by atoms with Gasteiger partial charge in [0.15, 0.2) is 0 Å². The average Bonchev–Trinajstić information content (AvgIpc) is 2.82. The molecule has 2 atom stereocenters. The lowest BCUT2D eigenvalue weighted by Gasteiger charge is -2.43. The number of ether oxygens (including phenoxy) is 2. The largest absolute Gasteiger partial charge is 0.457 e. The molecule has 2 heterocycles. The predicted octanol–water partition coefficient (Wildman–Crippen LogP) is 5.12. The summed E-state index contributed by atoms with van der Waals surface area (Å²) in [5.74, 6) is 1.38. The highest BCUT2D eigenvalue weighted by molar-refractivity contribution is 7.84. The molecule has 0 saturated carbocycles. The Morgan fingerprint density at radius 1 is 1.12 bits per heavy atom. The quantitative estimate of drug-likeness (QED) is 0.558. The third-order valence-corrected chi connectivity index (χ3v) is 7.23. The number of fused-ring (bicyclic) bond motifs is 1. The van der Waals surface area contributed by atoms with E-state index in [0.29, 0.717) is 43.4 Å². The molecule has 34 heavy (non-hydrogen) atoms. The number of hydrogen-bond donors (Lipinski definition) is 0. The van der Waals surface area contributed by atoms with Crippen LogP contribution in [0, 0.1) is 5.92 Å². The molecule has 184 valence electrons. The zero-order valence-electron chi connectivity index (χ0n) is 19.0. The number of carbonyl (C=O) groups excluding carboxylic acids is 1. The number of amides is 1. The number of alkyl halides is 3. The highest BCUT2D eigenvalue weighted by atomic mass is 32.2. The van der Waals surface area contributed by atoms with Crippen molar-refractivity contribution in [2.45, 2.75) is 37.9 Å². The van der Waals surface area contributed by atoms with Crippen molar-refractivity contribution >= 4 is 16.7 Å². The van der Waals surface area contributed by atoms with Gasteiger partial charge in [-0.25, -0.2) is 0 Å². The number of carbonyl (C=O) groups is 1. The van der Waals surface area contributed by atoms with Crippen molar-refractivity contribution < 1.29 is 31.6 Å². The summed E-state index contributed by atoms with van der Waals surface area (Å²) < 4.78 is 61.6. The van der Waals surface area contributed by atoms with Gasteiger partial charge < -0.3 is 14.4 Å². The first-order chi connectivity index (χ1) is 16.2. The van der Waals surface area contributed by atoms with Crippen LogP contribution >= 0.6 is 0 Å². The van der Waals surface area contributed by atoms with Crippen LogP contribution < -0.4 is 4.74 Å². The first kappa shape index (κ1) is 24.7. The molecule has 0 N–H and O–H groups in total. The van der Waals surface area contributed by atoms with E-state index in [1.807, 2.05) is 23.1 Å². The van der Waals surface area contributed by atoms with Crippen molar-refractivity contribution in [3.63, 3.8) is 0 Å². The van der Waals surface area contributed by atoms with Crippen LogP contribution in [0.5, 0.6) is 11.5 Å². The van der Waals surface area contributed by atoms with Gasteiger partial charge in [-0.3, -0.25) is 9.00 Å². The maximum Gasteiger partial charge on any atom is 0.416 e. The summed E-state index contributed by atoms with van der Waals surface area (Å²) in [5, 5.41) is 0. The van der Waals surface area contributed by atoms with Crippen molar-refractivity contribution in [2.24, 2.45) is 5.92 Å². The van der Waals surface area contributed by atoms with Crippen LogP contribution in [0.4, 0.5) is 13.2 Å². The molecule has 1 amide bonds. The minimum absolute atomic E-state index is 0.00796. The maximum atomic E-state index is 13.1. The summed E-state index contributed by atoms with van der Waals surface area (Å²) in [5.41, 5.74) is 1.42. The fourth-order valence-electron chi connectivity index (χ4n) is 4.73. The van der Waals surface area contributed by atoms with E-state index in [-0.39, 0.29) is 24.3 Å². The molecule has 0 aromatic heterocycles. The molecule has 2 aromatic carbocycles. The second kappa shape index (κ2) is 10.5. The van der Waals surface area contributed by atoms with E-state index in [1.54, 1.807) is 6.26 Å². The van der Waals surface area contributed by atoms with E-state index >= 15 is 0 Å². The maximum absolute atomic E-state index is 13.1. The fraction of sp³-hybridized carbons (Fsp3) is 0.480. The Morgan fingerprint density at radius 2 is 1.79 bits per heavy atom. The van der Waals surface area contributed by atoms with Crippen molar-refractivity contribution in [3.8, 4) is 11.5 Å². The minimum Gasteiger partial charge on any atom is -0.457 e. The first-order valence-electron chi connectivity index (χ1n) is 11.4. The Balaban J connectivity index is 1.61. The summed E-state index contributed by atoms with van der Waals surface area (Å²) in [4.78, 5) is 15.0. The number of hydrogen-bond acceptors (Lipinski definition) is 4. The summed E-state index contributed by atoms with van der Waals surface area (Å²) in [6.45, 7) is 1.88. The molecule has 0 aliphatic carbocycles. The smallest absolute Gasteiger partial charge is 0.416 e. The van der Waals surface area contributed by atoms with Crippen LogP contribution in [-0.2, 0) is 32.9 Å². The number of benzene rings is 2. The molecule has 0 bridgehead atoms.